The third kappa shape index (κ3) is 5.61. The molecule has 1 aliphatic heterocycles. The number of aromatic nitrogens is 2. The highest BCUT2D eigenvalue weighted by Crippen LogP contribution is 2.45. The van der Waals surface area contributed by atoms with Crippen LogP contribution in [0.2, 0.25) is 5.02 Å². The summed E-state index contributed by atoms with van der Waals surface area (Å²) in [5.74, 6) is 0.695. The van der Waals surface area contributed by atoms with Crippen molar-refractivity contribution in [3.05, 3.63) is 58.2 Å². The molecule has 0 spiro atoms. The summed E-state index contributed by atoms with van der Waals surface area (Å²) in [6, 6.07) is 10.6. The van der Waals surface area contributed by atoms with Crippen LogP contribution in [0.4, 0.5) is 22.1 Å². The maximum Gasteiger partial charge on any atom is 0.414 e. The third-order valence-corrected chi connectivity index (χ3v) is 6.71. The number of methoxy groups -OCH3 is 1. The number of amides is 1. The Hall–Kier alpha value is -3.91. The summed E-state index contributed by atoms with van der Waals surface area (Å²) in [7, 11) is 1.50. The summed E-state index contributed by atoms with van der Waals surface area (Å²) in [5.41, 5.74) is 1.92. The molecular weight excluding hydrogens is 522 g/mol. The van der Waals surface area contributed by atoms with E-state index in [4.69, 9.17) is 21.1 Å². The Bertz CT molecular complexity index is 1470. The van der Waals surface area contributed by atoms with Gasteiger partial charge in [-0.3, -0.25) is 4.90 Å². The van der Waals surface area contributed by atoms with Gasteiger partial charge in [-0.1, -0.05) is 18.5 Å². The molecule has 1 aromatic heterocycles. The molecule has 2 aromatic carbocycles. The van der Waals surface area contributed by atoms with Crippen LogP contribution in [0.15, 0.2) is 36.5 Å². The molecule has 0 aliphatic carbocycles. The number of benzene rings is 2. The minimum atomic E-state index is -0.819. The number of carbonyl (C=O) groups is 1. The van der Waals surface area contributed by atoms with E-state index in [1.807, 2.05) is 13.0 Å². The number of nitriles is 1. The van der Waals surface area contributed by atoms with Gasteiger partial charge in [-0.25, -0.2) is 14.8 Å². The van der Waals surface area contributed by atoms with Gasteiger partial charge in [0.05, 0.1) is 43.0 Å². The van der Waals surface area contributed by atoms with E-state index in [0.717, 1.165) is 0 Å². The number of nitrogens with one attached hydrogen (secondary N) is 1. The van der Waals surface area contributed by atoms with E-state index in [2.05, 4.69) is 21.4 Å². The van der Waals surface area contributed by atoms with Crippen LogP contribution in [0.5, 0.6) is 5.75 Å². The number of aliphatic hydroxyl groups excluding tert-OH is 2. The first-order valence-electron chi connectivity index (χ1n) is 12.2. The van der Waals surface area contributed by atoms with Crippen molar-refractivity contribution in [2.75, 3.05) is 30.5 Å². The van der Waals surface area contributed by atoms with Crippen LogP contribution < -0.4 is 15.0 Å². The number of hydrogen-bond donors (Lipinski definition) is 3. The van der Waals surface area contributed by atoms with Crippen molar-refractivity contribution in [3.63, 3.8) is 0 Å². The van der Waals surface area contributed by atoms with E-state index in [0.29, 0.717) is 44.5 Å². The second-order valence-corrected chi connectivity index (χ2v) is 10.9. The summed E-state index contributed by atoms with van der Waals surface area (Å²) in [4.78, 5) is 23.4. The maximum absolute atomic E-state index is 13.0. The predicted molar refractivity (Wildman–Crippen MR) is 147 cm³/mol. The van der Waals surface area contributed by atoms with Gasteiger partial charge in [0.1, 0.15) is 17.4 Å². The zero-order chi connectivity index (χ0) is 28.5. The molecular formula is C28H30ClN5O5. The topological polar surface area (TPSA) is 141 Å². The lowest BCUT2D eigenvalue weighted by molar-refractivity contribution is 0.0575. The zero-order valence-electron chi connectivity index (χ0n) is 22.4. The number of aliphatic hydroxyl groups is 2. The minimum Gasteiger partial charge on any atom is -0.495 e. The van der Waals surface area contributed by atoms with Crippen LogP contribution in [0.3, 0.4) is 0 Å². The van der Waals surface area contributed by atoms with Crippen molar-refractivity contribution in [3.8, 4) is 23.1 Å². The lowest BCUT2D eigenvalue weighted by Gasteiger charge is -2.26. The Labute approximate surface area is 231 Å². The Kier molecular flexibility index (Phi) is 7.70. The second kappa shape index (κ2) is 10.7. The summed E-state index contributed by atoms with van der Waals surface area (Å²) >= 11 is 6.26. The number of hydrogen-bond acceptors (Lipinski definition) is 9. The number of anilines is 3. The molecule has 2 heterocycles. The number of carbonyl (C=O) groups excluding carboxylic acids is 1. The van der Waals surface area contributed by atoms with Gasteiger partial charge in [0.15, 0.2) is 0 Å². The van der Waals surface area contributed by atoms with E-state index < -0.39 is 17.1 Å². The first kappa shape index (κ1) is 28.1. The van der Waals surface area contributed by atoms with Crippen LogP contribution in [0, 0.1) is 11.3 Å². The molecule has 39 heavy (non-hydrogen) atoms. The molecule has 3 N–H and O–H groups in total. The molecule has 4 rings (SSSR count). The van der Waals surface area contributed by atoms with Crippen LogP contribution >= 0.6 is 11.6 Å². The fraction of sp³-hybridized carbons (Fsp3) is 0.357. The van der Waals surface area contributed by atoms with Crippen molar-refractivity contribution in [1.29, 1.82) is 5.26 Å². The van der Waals surface area contributed by atoms with Crippen LogP contribution in [-0.2, 0) is 16.8 Å². The number of rotatable bonds is 6. The quantitative estimate of drug-likeness (QED) is 0.389. The van der Waals surface area contributed by atoms with Gasteiger partial charge in [-0.2, -0.15) is 5.26 Å². The lowest BCUT2D eigenvalue weighted by atomic mass is 9.83. The Morgan fingerprint density at radius 1 is 1.28 bits per heavy atom. The van der Waals surface area contributed by atoms with Gasteiger partial charge in [-0.15, -0.1) is 0 Å². The van der Waals surface area contributed by atoms with Gasteiger partial charge >= 0.3 is 6.09 Å². The SMILES string of the molecule is COc1cc(CO)c(Cl)cc1Nc1nccc(-c2cc(C#N)c3c(c2)C(C)(CO)CN3C(=O)OC(C)(C)C)n1. The van der Waals surface area contributed by atoms with E-state index in [-0.39, 0.29) is 31.3 Å². The Balaban J connectivity index is 1.76. The maximum atomic E-state index is 13.0. The summed E-state index contributed by atoms with van der Waals surface area (Å²) in [6.07, 6.45) is 0.983. The molecule has 0 radical (unpaired) electrons. The first-order chi connectivity index (χ1) is 18.4. The van der Waals surface area contributed by atoms with Crippen molar-refractivity contribution < 1.29 is 24.5 Å². The first-order valence-corrected chi connectivity index (χ1v) is 12.6. The molecule has 1 aliphatic rings. The Morgan fingerprint density at radius 2 is 2.03 bits per heavy atom. The standard InChI is InChI=1S/C28H30ClN5O5/c1-27(2,3)39-26(37)34-14-28(4,15-36)19-9-16(8-17(12-30)24(19)34)21-6-7-31-25(32-21)33-22-11-20(29)18(13-35)10-23(22)38-5/h6-11,35-36H,13-15H2,1-5H3,(H,31,32,33). The molecule has 3 aromatic rings. The van der Waals surface area contributed by atoms with E-state index in [1.54, 1.807) is 51.2 Å². The molecule has 10 nitrogen and oxygen atoms in total. The average molecular weight is 552 g/mol. The smallest absolute Gasteiger partial charge is 0.414 e. The molecule has 0 bridgehead atoms. The number of ether oxygens (including phenoxy) is 2. The van der Waals surface area contributed by atoms with E-state index in [1.165, 1.54) is 12.0 Å². The Morgan fingerprint density at radius 3 is 2.64 bits per heavy atom. The molecule has 1 unspecified atom stereocenters. The monoisotopic (exact) mass is 551 g/mol. The fourth-order valence-electron chi connectivity index (χ4n) is 4.42. The minimum absolute atomic E-state index is 0.160. The van der Waals surface area contributed by atoms with Crippen LogP contribution in [0.1, 0.15) is 44.4 Å². The highest BCUT2D eigenvalue weighted by Gasteiger charge is 2.44. The second-order valence-electron chi connectivity index (χ2n) is 10.5. The normalized spacial score (nSPS) is 16.4. The highest BCUT2D eigenvalue weighted by atomic mass is 35.5. The van der Waals surface area contributed by atoms with Gasteiger partial charge < -0.3 is 25.0 Å². The van der Waals surface area contributed by atoms with Gasteiger partial charge in [0.25, 0.3) is 0 Å². The molecule has 0 saturated carbocycles. The van der Waals surface area contributed by atoms with Crippen molar-refractivity contribution in [1.82, 2.24) is 9.97 Å². The molecule has 1 amide bonds. The fourth-order valence-corrected chi connectivity index (χ4v) is 4.65. The van der Waals surface area contributed by atoms with Crippen molar-refractivity contribution in [2.45, 2.75) is 45.3 Å². The lowest BCUT2D eigenvalue weighted by Crippen LogP contribution is -2.40. The van der Waals surface area contributed by atoms with Gasteiger partial charge in [-0.05, 0) is 62.2 Å². The van der Waals surface area contributed by atoms with E-state index >= 15 is 0 Å². The van der Waals surface area contributed by atoms with Crippen molar-refractivity contribution >= 4 is 35.0 Å². The predicted octanol–water partition coefficient (Wildman–Crippen LogP) is 4.92. The molecule has 0 saturated heterocycles. The summed E-state index contributed by atoms with van der Waals surface area (Å²) in [5, 5.41) is 33.3. The zero-order valence-corrected chi connectivity index (χ0v) is 23.1. The largest absolute Gasteiger partial charge is 0.495 e. The van der Waals surface area contributed by atoms with Crippen molar-refractivity contribution in [2.24, 2.45) is 0 Å². The molecule has 11 heteroatoms. The third-order valence-electron chi connectivity index (χ3n) is 6.36. The van der Waals surface area contributed by atoms with Gasteiger partial charge in [0.2, 0.25) is 5.95 Å². The van der Waals surface area contributed by atoms with Crippen LogP contribution in [0.25, 0.3) is 11.3 Å². The number of fused-ring (bicyclic) bond motifs is 1. The number of nitrogens with zero attached hydrogens (tertiary/aromatic N) is 4. The molecule has 1 atom stereocenters. The number of halogens is 1. The highest BCUT2D eigenvalue weighted by molar-refractivity contribution is 6.31. The summed E-state index contributed by atoms with van der Waals surface area (Å²) < 4.78 is 11.0. The van der Waals surface area contributed by atoms with Gasteiger partial charge in [0, 0.05) is 28.7 Å². The molecule has 204 valence electrons. The van der Waals surface area contributed by atoms with E-state index in [9.17, 15) is 20.3 Å². The average Bonchev–Trinajstić information content (AvgIpc) is 3.21. The molecule has 0 fully saturated rings. The summed E-state index contributed by atoms with van der Waals surface area (Å²) in [6.45, 7) is 6.83. The van der Waals surface area contributed by atoms with Crippen LogP contribution in [-0.4, -0.2) is 52.1 Å².